The van der Waals surface area contributed by atoms with Crippen LogP contribution in [0.15, 0.2) is 0 Å². The van der Waals surface area contributed by atoms with E-state index < -0.39 is 0 Å². The smallest absolute Gasteiger partial charge is 0.00966 e. The summed E-state index contributed by atoms with van der Waals surface area (Å²) in [6, 6.07) is 0. The van der Waals surface area contributed by atoms with E-state index >= 15 is 0 Å². The van der Waals surface area contributed by atoms with Crippen molar-refractivity contribution in [2.45, 2.75) is 72.3 Å². The Labute approximate surface area is 102 Å². The molecule has 1 rings (SSSR count). The summed E-state index contributed by atoms with van der Waals surface area (Å²) in [5.74, 6) is 2.80. The molecule has 16 heavy (non-hydrogen) atoms. The van der Waals surface area contributed by atoms with Crippen molar-refractivity contribution in [1.82, 2.24) is 5.32 Å². The molecule has 1 aliphatic carbocycles. The third kappa shape index (κ3) is 5.89. The summed E-state index contributed by atoms with van der Waals surface area (Å²) in [6.07, 6.45) is 7.27. The van der Waals surface area contributed by atoms with Gasteiger partial charge >= 0.3 is 0 Å². The topological polar surface area (TPSA) is 12.0 Å². The Hall–Kier alpha value is -0.0400. The van der Waals surface area contributed by atoms with Crippen LogP contribution in [-0.4, -0.2) is 12.1 Å². The molecule has 2 atom stereocenters. The van der Waals surface area contributed by atoms with Gasteiger partial charge in [0.1, 0.15) is 0 Å². The molecule has 0 amide bonds. The van der Waals surface area contributed by atoms with E-state index in [0.717, 1.165) is 17.8 Å². The Morgan fingerprint density at radius 1 is 1.12 bits per heavy atom. The molecule has 96 valence electrons. The van der Waals surface area contributed by atoms with Crippen LogP contribution in [0.5, 0.6) is 0 Å². The molecule has 0 saturated heterocycles. The Morgan fingerprint density at radius 3 is 2.31 bits per heavy atom. The molecule has 0 heterocycles. The van der Waals surface area contributed by atoms with E-state index in [9.17, 15) is 0 Å². The van der Waals surface area contributed by atoms with E-state index in [2.05, 4.69) is 39.9 Å². The van der Waals surface area contributed by atoms with Crippen LogP contribution in [0.25, 0.3) is 0 Å². The molecule has 1 N–H and O–H groups in total. The first-order chi connectivity index (χ1) is 7.37. The van der Waals surface area contributed by atoms with Crippen molar-refractivity contribution in [1.29, 1.82) is 0 Å². The van der Waals surface area contributed by atoms with Crippen LogP contribution in [-0.2, 0) is 0 Å². The lowest BCUT2D eigenvalue weighted by atomic mass is 9.77. The summed E-state index contributed by atoms with van der Waals surface area (Å²) in [4.78, 5) is 0. The molecule has 0 bridgehead atoms. The fourth-order valence-corrected chi connectivity index (χ4v) is 2.92. The van der Waals surface area contributed by atoms with Crippen molar-refractivity contribution in [2.24, 2.45) is 17.8 Å². The lowest BCUT2D eigenvalue weighted by molar-refractivity contribution is 0.220. The fraction of sp³-hybridized carbons (Fsp3) is 1.00. The van der Waals surface area contributed by atoms with E-state index in [4.69, 9.17) is 0 Å². The maximum atomic E-state index is 3.67. The van der Waals surface area contributed by atoms with Crippen LogP contribution in [0.3, 0.4) is 0 Å². The largest absolute Gasteiger partial charge is 0.312 e. The second-order valence-corrected chi connectivity index (χ2v) is 7.16. The summed E-state index contributed by atoms with van der Waals surface area (Å²) < 4.78 is 0. The minimum absolute atomic E-state index is 0.283. The van der Waals surface area contributed by atoms with Crippen LogP contribution < -0.4 is 5.32 Å². The zero-order valence-corrected chi connectivity index (χ0v) is 12.0. The SMILES string of the molecule is CC(C)CC1CCCC(CNC(C)(C)C)C1. The lowest BCUT2D eigenvalue weighted by Crippen LogP contribution is -2.40. The molecule has 0 aromatic heterocycles. The van der Waals surface area contributed by atoms with Gasteiger partial charge in [0.05, 0.1) is 0 Å². The van der Waals surface area contributed by atoms with Crippen LogP contribution in [0.1, 0.15) is 66.7 Å². The molecular weight excluding hydrogens is 194 g/mol. The molecule has 1 aliphatic rings. The summed E-state index contributed by atoms with van der Waals surface area (Å²) in [5.41, 5.74) is 0.283. The first-order valence-corrected chi connectivity index (χ1v) is 7.12. The second-order valence-electron chi connectivity index (χ2n) is 7.16. The van der Waals surface area contributed by atoms with Gasteiger partial charge in [0.2, 0.25) is 0 Å². The highest BCUT2D eigenvalue weighted by molar-refractivity contribution is 4.78. The predicted molar refractivity (Wildman–Crippen MR) is 72.7 cm³/mol. The Balaban J connectivity index is 2.27. The van der Waals surface area contributed by atoms with Crippen molar-refractivity contribution >= 4 is 0 Å². The highest BCUT2D eigenvalue weighted by Gasteiger charge is 2.23. The van der Waals surface area contributed by atoms with Crippen LogP contribution in [0, 0.1) is 17.8 Å². The van der Waals surface area contributed by atoms with Gasteiger partial charge in [-0.25, -0.2) is 0 Å². The van der Waals surface area contributed by atoms with Gasteiger partial charge < -0.3 is 5.32 Å². The summed E-state index contributed by atoms with van der Waals surface area (Å²) in [6.45, 7) is 12.7. The number of hydrogen-bond acceptors (Lipinski definition) is 1. The molecule has 1 fully saturated rings. The number of nitrogens with one attached hydrogen (secondary N) is 1. The number of hydrogen-bond donors (Lipinski definition) is 1. The molecule has 1 nitrogen and oxygen atoms in total. The van der Waals surface area contributed by atoms with Gasteiger partial charge in [-0.1, -0.05) is 26.7 Å². The van der Waals surface area contributed by atoms with E-state index in [1.54, 1.807) is 0 Å². The Morgan fingerprint density at radius 2 is 1.75 bits per heavy atom. The van der Waals surface area contributed by atoms with Gasteiger partial charge in [-0.15, -0.1) is 0 Å². The van der Waals surface area contributed by atoms with Crippen molar-refractivity contribution in [2.75, 3.05) is 6.54 Å². The second kappa shape index (κ2) is 6.05. The average Bonchev–Trinajstić information content (AvgIpc) is 2.13. The molecule has 0 aromatic rings. The molecule has 0 radical (unpaired) electrons. The van der Waals surface area contributed by atoms with E-state index in [0.29, 0.717) is 0 Å². The fourth-order valence-electron chi connectivity index (χ4n) is 2.92. The molecule has 1 saturated carbocycles. The Kier molecular flexibility index (Phi) is 5.30. The highest BCUT2D eigenvalue weighted by atomic mass is 14.9. The average molecular weight is 225 g/mol. The molecule has 2 unspecified atom stereocenters. The molecule has 0 aromatic carbocycles. The summed E-state index contributed by atoms with van der Waals surface area (Å²) >= 11 is 0. The minimum Gasteiger partial charge on any atom is -0.312 e. The van der Waals surface area contributed by atoms with Gasteiger partial charge in [-0.3, -0.25) is 0 Å². The quantitative estimate of drug-likeness (QED) is 0.755. The summed E-state index contributed by atoms with van der Waals surface area (Å²) in [5, 5.41) is 3.67. The standard InChI is InChI=1S/C15H31N/c1-12(2)9-13-7-6-8-14(10-13)11-16-15(3,4)5/h12-14,16H,6-11H2,1-5H3. The van der Waals surface area contributed by atoms with Gasteiger partial charge in [0.25, 0.3) is 0 Å². The van der Waals surface area contributed by atoms with Gasteiger partial charge in [-0.2, -0.15) is 0 Å². The highest BCUT2D eigenvalue weighted by Crippen LogP contribution is 2.32. The normalized spacial score (nSPS) is 27.4. The van der Waals surface area contributed by atoms with Crippen LogP contribution in [0.2, 0.25) is 0 Å². The molecule has 0 aliphatic heterocycles. The molecule has 0 spiro atoms. The van der Waals surface area contributed by atoms with E-state index in [1.165, 1.54) is 38.6 Å². The van der Waals surface area contributed by atoms with Crippen LogP contribution >= 0.6 is 0 Å². The van der Waals surface area contributed by atoms with Gasteiger partial charge in [0, 0.05) is 5.54 Å². The minimum atomic E-state index is 0.283. The molecule has 1 heteroatoms. The third-order valence-corrected chi connectivity index (χ3v) is 3.62. The first kappa shape index (κ1) is 14.0. The Bertz CT molecular complexity index is 190. The maximum Gasteiger partial charge on any atom is 0.00966 e. The van der Waals surface area contributed by atoms with E-state index in [-0.39, 0.29) is 5.54 Å². The summed E-state index contributed by atoms with van der Waals surface area (Å²) in [7, 11) is 0. The first-order valence-electron chi connectivity index (χ1n) is 7.12. The van der Waals surface area contributed by atoms with Crippen molar-refractivity contribution in [3.63, 3.8) is 0 Å². The van der Waals surface area contributed by atoms with Crippen molar-refractivity contribution in [3.8, 4) is 0 Å². The van der Waals surface area contributed by atoms with E-state index in [1.807, 2.05) is 0 Å². The third-order valence-electron chi connectivity index (χ3n) is 3.62. The van der Waals surface area contributed by atoms with Crippen molar-refractivity contribution in [3.05, 3.63) is 0 Å². The lowest BCUT2D eigenvalue weighted by Gasteiger charge is -2.32. The number of rotatable bonds is 4. The zero-order chi connectivity index (χ0) is 12.2. The van der Waals surface area contributed by atoms with Gasteiger partial charge in [0.15, 0.2) is 0 Å². The maximum absolute atomic E-state index is 3.67. The zero-order valence-electron chi connectivity index (χ0n) is 12.0. The molecular formula is C15H31N. The predicted octanol–water partition coefficient (Wildman–Crippen LogP) is 4.23. The van der Waals surface area contributed by atoms with Crippen molar-refractivity contribution < 1.29 is 0 Å². The monoisotopic (exact) mass is 225 g/mol. The van der Waals surface area contributed by atoms with Gasteiger partial charge in [-0.05, 0) is 64.3 Å². The van der Waals surface area contributed by atoms with Crippen LogP contribution in [0.4, 0.5) is 0 Å².